The number of aryl methyl sites for hydroxylation is 2. The summed E-state index contributed by atoms with van der Waals surface area (Å²) in [5.74, 6) is -0.938. The minimum atomic E-state index is -0.565. The summed E-state index contributed by atoms with van der Waals surface area (Å²) in [5, 5.41) is 2.70. The van der Waals surface area contributed by atoms with E-state index >= 15 is 0 Å². The number of esters is 1. The predicted octanol–water partition coefficient (Wildman–Crippen LogP) is 2.75. The van der Waals surface area contributed by atoms with Gasteiger partial charge in [0.15, 0.2) is 6.61 Å². The van der Waals surface area contributed by atoms with Gasteiger partial charge in [-0.3, -0.25) is 9.78 Å². The standard InChI is InChI=1S/C17H18N2O3/c1-3-13-5-4-6-15(9-13)19-16(20)11-22-17(21)14-8-7-12(2)18-10-14/h4-10H,3,11H2,1-2H3,(H,19,20). The second kappa shape index (κ2) is 7.36. The topological polar surface area (TPSA) is 68.3 Å². The molecule has 1 amide bonds. The summed E-state index contributed by atoms with van der Waals surface area (Å²) in [6.07, 6.45) is 2.32. The number of amides is 1. The normalized spacial score (nSPS) is 10.1. The molecule has 0 unspecified atom stereocenters. The average Bonchev–Trinajstić information content (AvgIpc) is 2.53. The van der Waals surface area contributed by atoms with Crippen LogP contribution in [0.3, 0.4) is 0 Å². The van der Waals surface area contributed by atoms with Crippen LogP contribution in [0.2, 0.25) is 0 Å². The van der Waals surface area contributed by atoms with E-state index in [0.29, 0.717) is 11.3 Å². The minimum Gasteiger partial charge on any atom is -0.452 e. The summed E-state index contributed by atoms with van der Waals surface area (Å²) in [5.41, 5.74) is 2.95. The molecule has 0 saturated carbocycles. The number of pyridine rings is 1. The van der Waals surface area contributed by atoms with Gasteiger partial charge < -0.3 is 10.1 Å². The third-order valence-electron chi connectivity index (χ3n) is 3.10. The highest BCUT2D eigenvalue weighted by Crippen LogP contribution is 2.11. The van der Waals surface area contributed by atoms with Crippen molar-refractivity contribution in [3.63, 3.8) is 0 Å². The van der Waals surface area contributed by atoms with Crippen molar-refractivity contribution in [1.82, 2.24) is 4.98 Å². The van der Waals surface area contributed by atoms with Gasteiger partial charge in [0.25, 0.3) is 5.91 Å². The molecule has 0 aliphatic rings. The van der Waals surface area contributed by atoms with Gasteiger partial charge in [-0.15, -0.1) is 0 Å². The van der Waals surface area contributed by atoms with Crippen LogP contribution in [0.4, 0.5) is 5.69 Å². The first-order valence-corrected chi connectivity index (χ1v) is 7.07. The molecule has 1 aromatic heterocycles. The molecular weight excluding hydrogens is 280 g/mol. The van der Waals surface area contributed by atoms with Crippen LogP contribution >= 0.6 is 0 Å². The van der Waals surface area contributed by atoms with Crippen molar-refractivity contribution in [2.75, 3.05) is 11.9 Å². The first-order chi connectivity index (χ1) is 10.6. The number of nitrogens with one attached hydrogen (secondary N) is 1. The number of hydrogen-bond acceptors (Lipinski definition) is 4. The Bertz CT molecular complexity index is 666. The minimum absolute atomic E-state index is 0.325. The fourth-order valence-corrected chi connectivity index (χ4v) is 1.87. The Morgan fingerprint density at radius 1 is 1.23 bits per heavy atom. The molecule has 2 rings (SSSR count). The number of hydrogen-bond donors (Lipinski definition) is 1. The van der Waals surface area contributed by atoms with Gasteiger partial charge >= 0.3 is 5.97 Å². The van der Waals surface area contributed by atoms with Gasteiger partial charge in [-0.2, -0.15) is 0 Å². The maximum atomic E-state index is 11.8. The number of carbonyl (C=O) groups excluding carboxylic acids is 2. The quantitative estimate of drug-likeness (QED) is 0.862. The summed E-state index contributed by atoms with van der Waals surface area (Å²) >= 11 is 0. The van der Waals surface area contributed by atoms with Gasteiger partial charge in [0.1, 0.15) is 0 Å². The second-order valence-corrected chi connectivity index (χ2v) is 4.87. The Hall–Kier alpha value is -2.69. The molecular formula is C17H18N2O3. The molecule has 0 aliphatic carbocycles. The Kier molecular flexibility index (Phi) is 5.25. The van der Waals surface area contributed by atoms with Crippen LogP contribution in [-0.2, 0) is 16.0 Å². The summed E-state index contributed by atoms with van der Waals surface area (Å²) in [4.78, 5) is 27.6. The molecule has 1 heterocycles. The summed E-state index contributed by atoms with van der Waals surface area (Å²) < 4.78 is 4.97. The number of ether oxygens (including phenoxy) is 1. The fourth-order valence-electron chi connectivity index (χ4n) is 1.87. The van der Waals surface area contributed by atoms with Gasteiger partial charge in [0.2, 0.25) is 0 Å². The highest BCUT2D eigenvalue weighted by atomic mass is 16.5. The molecule has 0 spiro atoms. The first-order valence-electron chi connectivity index (χ1n) is 7.07. The van der Waals surface area contributed by atoms with Crippen molar-refractivity contribution in [2.24, 2.45) is 0 Å². The van der Waals surface area contributed by atoms with Crippen LogP contribution in [0, 0.1) is 6.92 Å². The molecule has 0 saturated heterocycles. The lowest BCUT2D eigenvalue weighted by Gasteiger charge is -2.07. The second-order valence-electron chi connectivity index (χ2n) is 4.87. The molecule has 114 valence electrons. The van der Waals surface area contributed by atoms with E-state index in [1.807, 2.05) is 32.0 Å². The van der Waals surface area contributed by atoms with Gasteiger partial charge in [-0.1, -0.05) is 19.1 Å². The molecule has 1 aromatic carbocycles. The van der Waals surface area contributed by atoms with E-state index in [9.17, 15) is 9.59 Å². The van der Waals surface area contributed by atoms with E-state index in [4.69, 9.17) is 4.74 Å². The molecule has 0 radical (unpaired) electrons. The maximum Gasteiger partial charge on any atom is 0.340 e. The number of nitrogens with zero attached hydrogens (tertiary/aromatic N) is 1. The first kappa shape index (κ1) is 15.7. The highest BCUT2D eigenvalue weighted by Gasteiger charge is 2.10. The van der Waals surface area contributed by atoms with E-state index < -0.39 is 5.97 Å². The van der Waals surface area contributed by atoms with Gasteiger partial charge in [0.05, 0.1) is 5.56 Å². The number of aromatic nitrogens is 1. The van der Waals surface area contributed by atoms with Gasteiger partial charge in [0, 0.05) is 17.6 Å². The smallest absolute Gasteiger partial charge is 0.340 e. The Morgan fingerprint density at radius 2 is 2.05 bits per heavy atom. The summed E-state index contributed by atoms with van der Waals surface area (Å²) in [6, 6.07) is 10.9. The van der Waals surface area contributed by atoms with E-state index in [2.05, 4.69) is 10.3 Å². The molecule has 0 atom stereocenters. The zero-order chi connectivity index (χ0) is 15.9. The van der Waals surface area contributed by atoms with Crippen LogP contribution in [0.25, 0.3) is 0 Å². The maximum absolute atomic E-state index is 11.8. The lowest BCUT2D eigenvalue weighted by atomic mass is 10.1. The molecule has 22 heavy (non-hydrogen) atoms. The number of rotatable bonds is 5. The zero-order valence-electron chi connectivity index (χ0n) is 12.6. The zero-order valence-corrected chi connectivity index (χ0v) is 12.6. The largest absolute Gasteiger partial charge is 0.452 e. The SMILES string of the molecule is CCc1cccc(NC(=O)COC(=O)c2ccc(C)nc2)c1. The molecule has 0 fully saturated rings. The predicted molar refractivity (Wildman–Crippen MR) is 83.7 cm³/mol. The number of benzene rings is 1. The van der Waals surface area contributed by atoms with Crippen LogP contribution in [-0.4, -0.2) is 23.5 Å². The van der Waals surface area contributed by atoms with Crippen LogP contribution in [0.15, 0.2) is 42.6 Å². The molecule has 1 N–H and O–H groups in total. The van der Waals surface area contributed by atoms with E-state index in [1.165, 1.54) is 6.20 Å². The third kappa shape index (κ3) is 4.41. The van der Waals surface area contributed by atoms with Crippen LogP contribution in [0.5, 0.6) is 0 Å². The Labute approximate surface area is 129 Å². The molecule has 5 nitrogen and oxygen atoms in total. The van der Waals surface area contributed by atoms with Crippen molar-refractivity contribution in [2.45, 2.75) is 20.3 Å². The lowest BCUT2D eigenvalue weighted by Crippen LogP contribution is -2.21. The van der Waals surface area contributed by atoms with Crippen molar-refractivity contribution in [3.8, 4) is 0 Å². The van der Waals surface area contributed by atoms with Crippen molar-refractivity contribution < 1.29 is 14.3 Å². The van der Waals surface area contributed by atoms with Crippen molar-refractivity contribution in [3.05, 3.63) is 59.4 Å². The summed E-state index contributed by atoms with van der Waals surface area (Å²) in [6.45, 7) is 3.54. The highest BCUT2D eigenvalue weighted by molar-refractivity contribution is 5.95. The van der Waals surface area contributed by atoms with E-state index in [-0.39, 0.29) is 12.5 Å². The van der Waals surface area contributed by atoms with Crippen LogP contribution < -0.4 is 5.32 Å². The van der Waals surface area contributed by atoms with E-state index in [0.717, 1.165) is 17.7 Å². The van der Waals surface area contributed by atoms with E-state index in [1.54, 1.807) is 18.2 Å². The third-order valence-corrected chi connectivity index (χ3v) is 3.10. The van der Waals surface area contributed by atoms with Gasteiger partial charge in [-0.25, -0.2) is 4.79 Å². The number of anilines is 1. The molecule has 5 heteroatoms. The van der Waals surface area contributed by atoms with Crippen molar-refractivity contribution >= 4 is 17.6 Å². The Morgan fingerprint density at radius 3 is 2.73 bits per heavy atom. The molecule has 0 aliphatic heterocycles. The van der Waals surface area contributed by atoms with Crippen molar-refractivity contribution in [1.29, 1.82) is 0 Å². The van der Waals surface area contributed by atoms with Gasteiger partial charge in [-0.05, 0) is 43.2 Å². The molecule has 2 aromatic rings. The fraction of sp³-hybridized carbons (Fsp3) is 0.235. The monoisotopic (exact) mass is 298 g/mol. The Balaban J connectivity index is 1.87. The van der Waals surface area contributed by atoms with Crippen LogP contribution in [0.1, 0.15) is 28.5 Å². The average molecular weight is 298 g/mol. The number of carbonyl (C=O) groups is 2. The lowest BCUT2D eigenvalue weighted by molar-refractivity contribution is -0.119. The molecule has 0 bridgehead atoms. The summed E-state index contributed by atoms with van der Waals surface area (Å²) in [7, 11) is 0.